The summed E-state index contributed by atoms with van der Waals surface area (Å²) < 4.78 is 38.3. The largest absolute Gasteiger partial charge is 0.417 e. The molecule has 1 aromatic heterocycles. The van der Waals surface area contributed by atoms with Gasteiger partial charge in [0.05, 0.1) is 24.1 Å². The summed E-state index contributed by atoms with van der Waals surface area (Å²) in [6.45, 7) is -0.387. The first-order valence-electron chi connectivity index (χ1n) is 4.83. The summed E-state index contributed by atoms with van der Waals surface area (Å²) in [5.41, 5.74) is -0.198. The number of H-pyrrole nitrogens is 1. The molecule has 0 aliphatic rings. The zero-order chi connectivity index (χ0) is 12.5. The van der Waals surface area contributed by atoms with Crippen molar-refractivity contribution in [1.29, 1.82) is 0 Å². The molecule has 17 heavy (non-hydrogen) atoms. The van der Waals surface area contributed by atoms with Gasteiger partial charge in [-0.05, 0) is 11.6 Å². The van der Waals surface area contributed by atoms with Crippen LogP contribution in [0.1, 0.15) is 11.3 Å². The van der Waals surface area contributed by atoms with Crippen molar-refractivity contribution in [3.63, 3.8) is 0 Å². The number of nitrogens with zero attached hydrogens (tertiary/aromatic N) is 1. The number of alkyl halides is 3. The van der Waals surface area contributed by atoms with Crippen molar-refractivity contribution in [2.45, 2.75) is 12.8 Å². The van der Waals surface area contributed by atoms with E-state index in [0.29, 0.717) is 0 Å². The Morgan fingerprint density at radius 3 is 2.53 bits per heavy atom. The fraction of sp³-hybridized carbons (Fsp3) is 0.182. The molecule has 0 saturated carbocycles. The Balaban J connectivity index is 2.60. The highest BCUT2D eigenvalue weighted by Gasteiger charge is 2.33. The van der Waals surface area contributed by atoms with E-state index in [1.54, 1.807) is 0 Å². The van der Waals surface area contributed by atoms with Gasteiger partial charge < -0.3 is 5.11 Å². The van der Waals surface area contributed by atoms with Crippen LogP contribution in [0.4, 0.5) is 13.2 Å². The van der Waals surface area contributed by atoms with E-state index in [-0.39, 0.29) is 23.4 Å². The van der Waals surface area contributed by atoms with Gasteiger partial charge in [-0.25, -0.2) is 0 Å². The van der Waals surface area contributed by atoms with Crippen molar-refractivity contribution in [2.75, 3.05) is 0 Å². The minimum absolute atomic E-state index is 0.0119. The molecule has 0 radical (unpaired) electrons. The van der Waals surface area contributed by atoms with Crippen LogP contribution in [0.25, 0.3) is 11.1 Å². The molecular formula is C11H9F3N2O. The third kappa shape index (κ3) is 2.16. The molecule has 0 saturated heterocycles. The first kappa shape index (κ1) is 11.7. The topological polar surface area (TPSA) is 48.9 Å². The van der Waals surface area contributed by atoms with Crippen molar-refractivity contribution in [2.24, 2.45) is 0 Å². The van der Waals surface area contributed by atoms with Crippen LogP contribution in [-0.4, -0.2) is 15.3 Å². The van der Waals surface area contributed by atoms with Crippen molar-refractivity contribution >= 4 is 0 Å². The van der Waals surface area contributed by atoms with E-state index in [0.717, 1.165) is 6.07 Å². The Labute approximate surface area is 94.9 Å². The SMILES string of the molecule is OCc1[nH]ncc1-c1ccccc1C(F)(F)F. The second kappa shape index (κ2) is 4.21. The summed E-state index contributed by atoms with van der Waals surface area (Å²) in [5, 5.41) is 15.1. The highest BCUT2D eigenvalue weighted by Crippen LogP contribution is 2.37. The van der Waals surface area contributed by atoms with Gasteiger partial charge in [-0.3, -0.25) is 5.10 Å². The zero-order valence-corrected chi connectivity index (χ0v) is 8.62. The van der Waals surface area contributed by atoms with Gasteiger partial charge >= 0.3 is 6.18 Å². The lowest BCUT2D eigenvalue weighted by atomic mass is 10.00. The van der Waals surface area contributed by atoms with Crippen LogP contribution in [0, 0.1) is 0 Å². The molecule has 0 bridgehead atoms. The van der Waals surface area contributed by atoms with Crippen molar-refractivity contribution in [1.82, 2.24) is 10.2 Å². The Hall–Kier alpha value is -1.82. The Morgan fingerprint density at radius 2 is 1.88 bits per heavy atom. The number of aliphatic hydroxyl groups is 1. The standard InChI is InChI=1S/C11H9F3N2O/c12-11(13,14)9-4-2-1-3-7(9)8-5-15-16-10(8)6-17/h1-5,17H,6H2,(H,15,16). The van der Waals surface area contributed by atoms with Gasteiger partial charge in [-0.2, -0.15) is 18.3 Å². The maximum atomic E-state index is 12.8. The quantitative estimate of drug-likeness (QED) is 0.850. The van der Waals surface area contributed by atoms with Gasteiger partial charge in [0.1, 0.15) is 0 Å². The predicted molar refractivity (Wildman–Crippen MR) is 54.9 cm³/mol. The van der Waals surface area contributed by atoms with Crippen molar-refractivity contribution in [3.8, 4) is 11.1 Å². The number of benzene rings is 1. The van der Waals surface area contributed by atoms with E-state index >= 15 is 0 Å². The lowest BCUT2D eigenvalue weighted by Gasteiger charge is -2.12. The zero-order valence-electron chi connectivity index (χ0n) is 8.62. The molecule has 1 aromatic carbocycles. The van der Waals surface area contributed by atoms with E-state index in [9.17, 15) is 13.2 Å². The summed E-state index contributed by atoms with van der Waals surface area (Å²) in [4.78, 5) is 0. The molecule has 2 aromatic rings. The Bertz CT molecular complexity index is 519. The second-order valence-electron chi connectivity index (χ2n) is 3.46. The van der Waals surface area contributed by atoms with Gasteiger partial charge in [-0.15, -0.1) is 0 Å². The van der Waals surface area contributed by atoms with E-state index in [4.69, 9.17) is 5.11 Å². The molecule has 0 spiro atoms. The van der Waals surface area contributed by atoms with Crippen LogP contribution in [0.3, 0.4) is 0 Å². The maximum Gasteiger partial charge on any atom is 0.417 e. The lowest BCUT2D eigenvalue weighted by Crippen LogP contribution is -2.07. The molecule has 1 heterocycles. The van der Waals surface area contributed by atoms with Gasteiger partial charge in [0.2, 0.25) is 0 Å². The van der Waals surface area contributed by atoms with E-state index < -0.39 is 11.7 Å². The van der Waals surface area contributed by atoms with E-state index in [1.807, 2.05) is 0 Å². The molecule has 2 N–H and O–H groups in total. The number of halogens is 3. The number of aromatic amines is 1. The van der Waals surface area contributed by atoms with E-state index in [2.05, 4.69) is 10.2 Å². The van der Waals surface area contributed by atoms with Crippen LogP contribution >= 0.6 is 0 Å². The van der Waals surface area contributed by atoms with Crippen LogP contribution < -0.4 is 0 Å². The van der Waals surface area contributed by atoms with Crippen LogP contribution in [0.15, 0.2) is 30.5 Å². The second-order valence-corrected chi connectivity index (χ2v) is 3.46. The normalized spacial score (nSPS) is 11.8. The number of aromatic nitrogens is 2. The number of aliphatic hydroxyl groups excluding tert-OH is 1. The van der Waals surface area contributed by atoms with Gasteiger partial charge in [0.25, 0.3) is 0 Å². The molecule has 0 amide bonds. The summed E-state index contributed by atoms with van der Waals surface area (Å²) >= 11 is 0. The van der Waals surface area contributed by atoms with Crippen molar-refractivity contribution < 1.29 is 18.3 Å². The third-order valence-corrected chi connectivity index (χ3v) is 2.40. The summed E-state index contributed by atoms with van der Waals surface area (Å²) in [6.07, 6.45) is -3.16. The number of hydrogen-bond donors (Lipinski definition) is 2. The molecule has 0 aliphatic carbocycles. The van der Waals surface area contributed by atoms with Gasteiger partial charge in [-0.1, -0.05) is 18.2 Å². The lowest BCUT2D eigenvalue weighted by molar-refractivity contribution is -0.137. The van der Waals surface area contributed by atoms with E-state index in [1.165, 1.54) is 24.4 Å². The molecular weight excluding hydrogens is 233 g/mol. The van der Waals surface area contributed by atoms with Gasteiger partial charge in [0.15, 0.2) is 0 Å². The molecule has 2 rings (SSSR count). The van der Waals surface area contributed by atoms with Crippen LogP contribution in [0.5, 0.6) is 0 Å². The maximum absolute atomic E-state index is 12.8. The number of rotatable bonds is 2. The third-order valence-electron chi connectivity index (χ3n) is 2.40. The highest BCUT2D eigenvalue weighted by atomic mass is 19.4. The van der Waals surface area contributed by atoms with Crippen molar-refractivity contribution in [3.05, 3.63) is 41.7 Å². The Morgan fingerprint density at radius 1 is 1.18 bits per heavy atom. The molecule has 0 unspecified atom stereocenters. The molecule has 6 heteroatoms. The fourth-order valence-corrected chi connectivity index (χ4v) is 1.63. The average molecular weight is 242 g/mol. The minimum atomic E-state index is -4.43. The monoisotopic (exact) mass is 242 g/mol. The first-order chi connectivity index (χ1) is 8.04. The van der Waals surface area contributed by atoms with Crippen LogP contribution in [0.2, 0.25) is 0 Å². The van der Waals surface area contributed by atoms with Crippen LogP contribution in [-0.2, 0) is 12.8 Å². The molecule has 0 fully saturated rings. The highest BCUT2D eigenvalue weighted by molar-refractivity contribution is 5.69. The molecule has 0 aliphatic heterocycles. The predicted octanol–water partition coefficient (Wildman–Crippen LogP) is 2.59. The molecule has 0 atom stereocenters. The minimum Gasteiger partial charge on any atom is -0.390 e. The average Bonchev–Trinajstić information content (AvgIpc) is 2.75. The summed E-state index contributed by atoms with van der Waals surface area (Å²) in [6, 6.07) is 5.19. The smallest absolute Gasteiger partial charge is 0.390 e. The first-order valence-corrected chi connectivity index (χ1v) is 4.83. The number of nitrogens with one attached hydrogen (secondary N) is 1. The Kier molecular flexibility index (Phi) is 2.89. The van der Waals surface area contributed by atoms with Gasteiger partial charge in [0, 0.05) is 5.56 Å². The molecule has 3 nitrogen and oxygen atoms in total. The summed E-state index contributed by atoms with van der Waals surface area (Å²) in [7, 11) is 0. The summed E-state index contributed by atoms with van der Waals surface area (Å²) in [5.74, 6) is 0. The number of hydrogen-bond acceptors (Lipinski definition) is 2. The fourth-order valence-electron chi connectivity index (χ4n) is 1.63. The molecule has 90 valence electrons.